The standard InChI is InChI=1S/C19H18F3NO/c20-19(21,22)16-9-4-8-15(13-16)18(24)23-11-5-10-17(23)12-14-6-2-1-3-7-14/h1-4,6-9,13,17H,5,10-12H2. The molecule has 24 heavy (non-hydrogen) atoms. The van der Waals surface area contributed by atoms with Crippen molar-refractivity contribution in [2.75, 3.05) is 6.54 Å². The maximum atomic E-state index is 12.8. The summed E-state index contributed by atoms with van der Waals surface area (Å²) in [5.74, 6) is -0.320. The summed E-state index contributed by atoms with van der Waals surface area (Å²) in [7, 11) is 0. The zero-order valence-corrected chi connectivity index (χ0v) is 13.1. The Kier molecular flexibility index (Phi) is 4.60. The van der Waals surface area contributed by atoms with Crippen molar-refractivity contribution < 1.29 is 18.0 Å². The van der Waals surface area contributed by atoms with Crippen molar-refractivity contribution in [1.29, 1.82) is 0 Å². The Balaban J connectivity index is 1.79. The number of rotatable bonds is 3. The SMILES string of the molecule is O=C(c1cccc(C(F)(F)F)c1)N1CCCC1Cc1ccccc1. The van der Waals surface area contributed by atoms with E-state index < -0.39 is 11.7 Å². The number of likely N-dealkylation sites (tertiary alicyclic amines) is 1. The van der Waals surface area contributed by atoms with Crippen molar-refractivity contribution in [1.82, 2.24) is 4.90 Å². The van der Waals surface area contributed by atoms with Crippen LogP contribution in [0.1, 0.15) is 34.3 Å². The summed E-state index contributed by atoms with van der Waals surface area (Å²) in [6.07, 6.45) is -1.96. The molecule has 1 saturated heterocycles. The molecule has 0 radical (unpaired) electrons. The van der Waals surface area contributed by atoms with E-state index in [0.29, 0.717) is 6.54 Å². The molecule has 126 valence electrons. The first kappa shape index (κ1) is 16.6. The van der Waals surface area contributed by atoms with Gasteiger partial charge >= 0.3 is 6.18 Å². The molecular formula is C19H18F3NO. The van der Waals surface area contributed by atoms with Crippen molar-refractivity contribution in [2.24, 2.45) is 0 Å². The molecule has 0 saturated carbocycles. The molecule has 1 aliphatic heterocycles. The number of hydrogen-bond donors (Lipinski definition) is 0. The molecule has 0 spiro atoms. The first-order valence-electron chi connectivity index (χ1n) is 7.97. The molecule has 1 fully saturated rings. The van der Waals surface area contributed by atoms with Crippen LogP contribution < -0.4 is 0 Å². The van der Waals surface area contributed by atoms with Crippen LogP contribution in [0.15, 0.2) is 54.6 Å². The second kappa shape index (κ2) is 6.67. The van der Waals surface area contributed by atoms with Gasteiger partial charge in [-0.1, -0.05) is 36.4 Å². The summed E-state index contributed by atoms with van der Waals surface area (Å²) in [6, 6.07) is 14.6. The minimum Gasteiger partial charge on any atom is -0.335 e. The van der Waals surface area contributed by atoms with Gasteiger partial charge in [0.2, 0.25) is 0 Å². The van der Waals surface area contributed by atoms with Gasteiger partial charge in [-0.05, 0) is 43.0 Å². The summed E-state index contributed by atoms with van der Waals surface area (Å²) in [5, 5.41) is 0. The molecule has 0 aliphatic carbocycles. The number of nitrogens with zero attached hydrogens (tertiary/aromatic N) is 1. The summed E-state index contributed by atoms with van der Waals surface area (Å²) >= 11 is 0. The number of hydrogen-bond acceptors (Lipinski definition) is 1. The lowest BCUT2D eigenvalue weighted by molar-refractivity contribution is -0.137. The van der Waals surface area contributed by atoms with Crippen LogP contribution in [0.25, 0.3) is 0 Å². The highest BCUT2D eigenvalue weighted by Gasteiger charge is 2.33. The number of carbonyl (C=O) groups excluding carboxylic acids is 1. The number of amides is 1. The Morgan fingerprint density at radius 3 is 2.54 bits per heavy atom. The Bertz CT molecular complexity index is 712. The topological polar surface area (TPSA) is 20.3 Å². The predicted molar refractivity (Wildman–Crippen MR) is 85.6 cm³/mol. The third-order valence-electron chi connectivity index (χ3n) is 4.39. The van der Waals surface area contributed by atoms with Gasteiger partial charge in [0.05, 0.1) is 5.56 Å². The second-order valence-corrected chi connectivity index (χ2v) is 6.06. The van der Waals surface area contributed by atoms with E-state index in [-0.39, 0.29) is 17.5 Å². The highest BCUT2D eigenvalue weighted by atomic mass is 19.4. The number of carbonyl (C=O) groups is 1. The lowest BCUT2D eigenvalue weighted by Gasteiger charge is -2.25. The van der Waals surface area contributed by atoms with Gasteiger partial charge in [0, 0.05) is 18.2 Å². The summed E-state index contributed by atoms with van der Waals surface area (Å²) in [4.78, 5) is 14.4. The molecule has 2 aromatic carbocycles. The number of halogens is 3. The van der Waals surface area contributed by atoms with Crippen LogP contribution in [-0.4, -0.2) is 23.4 Å². The van der Waals surface area contributed by atoms with E-state index in [1.54, 1.807) is 4.90 Å². The van der Waals surface area contributed by atoms with Gasteiger partial charge < -0.3 is 4.90 Å². The normalized spacial score (nSPS) is 18.0. The molecule has 5 heteroatoms. The highest BCUT2D eigenvalue weighted by molar-refractivity contribution is 5.94. The molecule has 1 aliphatic rings. The third-order valence-corrected chi connectivity index (χ3v) is 4.39. The average molecular weight is 333 g/mol. The van der Waals surface area contributed by atoms with Crippen LogP contribution in [0.2, 0.25) is 0 Å². The molecule has 1 amide bonds. The lowest BCUT2D eigenvalue weighted by atomic mass is 10.0. The quantitative estimate of drug-likeness (QED) is 0.807. The van der Waals surface area contributed by atoms with Gasteiger partial charge in [0.1, 0.15) is 0 Å². The van der Waals surface area contributed by atoms with Crippen LogP contribution >= 0.6 is 0 Å². The molecule has 0 N–H and O–H groups in total. The van der Waals surface area contributed by atoms with Gasteiger partial charge in [-0.2, -0.15) is 13.2 Å². The van der Waals surface area contributed by atoms with Crippen molar-refractivity contribution in [3.8, 4) is 0 Å². The molecule has 3 rings (SSSR count). The van der Waals surface area contributed by atoms with Gasteiger partial charge in [0.15, 0.2) is 0 Å². The highest BCUT2D eigenvalue weighted by Crippen LogP contribution is 2.30. The molecule has 1 heterocycles. The Morgan fingerprint density at radius 2 is 1.83 bits per heavy atom. The van der Waals surface area contributed by atoms with Crippen LogP contribution in [0.3, 0.4) is 0 Å². The van der Waals surface area contributed by atoms with E-state index in [1.165, 1.54) is 12.1 Å². The van der Waals surface area contributed by atoms with Gasteiger partial charge in [0.25, 0.3) is 5.91 Å². The van der Waals surface area contributed by atoms with E-state index in [4.69, 9.17) is 0 Å². The van der Waals surface area contributed by atoms with Crippen molar-refractivity contribution in [3.05, 3.63) is 71.3 Å². The van der Waals surface area contributed by atoms with Gasteiger partial charge in [-0.3, -0.25) is 4.79 Å². The molecular weight excluding hydrogens is 315 g/mol. The summed E-state index contributed by atoms with van der Waals surface area (Å²) in [6.45, 7) is 0.590. The second-order valence-electron chi connectivity index (χ2n) is 6.06. The molecule has 1 atom stereocenters. The minimum absolute atomic E-state index is 0.0365. The van der Waals surface area contributed by atoms with Crippen molar-refractivity contribution in [2.45, 2.75) is 31.5 Å². The monoisotopic (exact) mass is 333 g/mol. The maximum absolute atomic E-state index is 12.8. The Morgan fingerprint density at radius 1 is 1.08 bits per heavy atom. The Labute approximate surface area is 138 Å². The molecule has 0 bridgehead atoms. The van der Waals surface area contributed by atoms with Gasteiger partial charge in [-0.25, -0.2) is 0 Å². The maximum Gasteiger partial charge on any atom is 0.416 e. The zero-order valence-electron chi connectivity index (χ0n) is 13.1. The summed E-state index contributed by atoms with van der Waals surface area (Å²) < 4.78 is 38.5. The van der Waals surface area contributed by atoms with Crippen LogP contribution in [0.5, 0.6) is 0 Å². The Hall–Kier alpha value is -2.30. The fourth-order valence-electron chi connectivity index (χ4n) is 3.20. The lowest BCUT2D eigenvalue weighted by Crippen LogP contribution is -2.36. The van der Waals surface area contributed by atoms with E-state index in [9.17, 15) is 18.0 Å². The van der Waals surface area contributed by atoms with Crippen molar-refractivity contribution in [3.63, 3.8) is 0 Å². The van der Waals surface area contributed by atoms with Crippen molar-refractivity contribution >= 4 is 5.91 Å². The third kappa shape index (κ3) is 3.61. The molecule has 2 aromatic rings. The van der Waals surface area contributed by atoms with Gasteiger partial charge in [-0.15, -0.1) is 0 Å². The van der Waals surface area contributed by atoms with Crippen LogP contribution in [0.4, 0.5) is 13.2 Å². The molecule has 2 nitrogen and oxygen atoms in total. The largest absolute Gasteiger partial charge is 0.416 e. The predicted octanol–water partition coefficient (Wildman–Crippen LogP) is 4.55. The molecule has 0 aromatic heterocycles. The minimum atomic E-state index is -4.44. The summed E-state index contributed by atoms with van der Waals surface area (Å²) in [5.41, 5.74) is 0.447. The first-order chi connectivity index (χ1) is 11.4. The van der Waals surface area contributed by atoms with E-state index in [2.05, 4.69) is 0 Å². The van der Waals surface area contributed by atoms with Crippen LogP contribution in [-0.2, 0) is 12.6 Å². The smallest absolute Gasteiger partial charge is 0.335 e. The van der Waals surface area contributed by atoms with E-state index >= 15 is 0 Å². The van der Waals surface area contributed by atoms with Crippen LogP contribution in [0, 0.1) is 0 Å². The zero-order chi connectivity index (χ0) is 17.2. The molecule has 1 unspecified atom stereocenters. The number of benzene rings is 2. The fourth-order valence-corrected chi connectivity index (χ4v) is 3.20. The van der Waals surface area contributed by atoms with E-state index in [0.717, 1.165) is 37.0 Å². The van der Waals surface area contributed by atoms with E-state index in [1.807, 2.05) is 30.3 Å². The first-order valence-corrected chi connectivity index (χ1v) is 7.97. The average Bonchev–Trinajstić information content (AvgIpc) is 3.02. The number of alkyl halides is 3. The fraction of sp³-hybridized carbons (Fsp3) is 0.316.